The zero-order valence-electron chi connectivity index (χ0n) is 12.9. The fourth-order valence-corrected chi connectivity index (χ4v) is 3.68. The van der Waals surface area contributed by atoms with Crippen molar-refractivity contribution in [2.24, 2.45) is 0 Å². The largest absolute Gasteiger partial charge is 0.454 e. The van der Waals surface area contributed by atoms with E-state index in [0.29, 0.717) is 6.79 Å². The molecule has 0 saturated carbocycles. The lowest BCUT2D eigenvalue weighted by Crippen LogP contribution is -3.27. The molecule has 3 heterocycles. The number of benzene rings is 1. The molecule has 1 saturated heterocycles. The molecular formula is C17H21BrN2O3+2. The third kappa shape index (κ3) is 3.54. The molecule has 2 aliphatic heterocycles. The van der Waals surface area contributed by atoms with Gasteiger partial charge in [0.2, 0.25) is 6.79 Å². The standard InChI is InChI=1S/C17H19BrN2O3/c18-17-4-2-14(23-17)11-20-7-5-19(6-8-20)10-13-1-3-15-16(9-13)22-12-21-15/h1-4,9H,5-8,10-12H2/p+2. The van der Waals surface area contributed by atoms with Gasteiger partial charge in [0, 0.05) is 5.56 Å². The topological polar surface area (TPSA) is 40.5 Å². The normalized spacial score (nSPS) is 23.2. The predicted molar refractivity (Wildman–Crippen MR) is 87.8 cm³/mol. The molecular weight excluding hydrogens is 360 g/mol. The second-order valence-electron chi connectivity index (χ2n) is 6.25. The number of fused-ring (bicyclic) bond motifs is 1. The van der Waals surface area contributed by atoms with Crippen LogP contribution < -0.4 is 19.3 Å². The maximum absolute atomic E-state index is 5.61. The molecule has 0 radical (unpaired) electrons. The maximum Gasteiger partial charge on any atom is 0.231 e. The third-order valence-electron chi connectivity index (χ3n) is 4.61. The Morgan fingerprint density at radius 2 is 1.61 bits per heavy atom. The molecule has 2 N–H and O–H groups in total. The zero-order chi connectivity index (χ0) is 15.6. The highest BCUT2D eigenvalue weighted by Crippen LogP contribution is 2.32. The second kappa shape index (κ2) is 6.55. The first-order valence-corrected chi connectivity index (χ1v) is 8.85. The molecule has 1 aromatic carbocycles. The van der Waals surface area contributed by atoms with Gasteiger partial charge in [0.1, 0.15) is 39.3 Å². The molecule has 0 amide bonds. The van der Waals surface area contributed by atoms with Gasteiger partial charge in [-0.3, -0.25) is 0 Å². The highest BCUT2D eigenvalue weighted by atomic mass is 79.9. The minimum atomic E-state index is 0.344. The van der Waals surface area contributed by atoms with E-state index < -0.39 is 0 Å². The van der Waals surface area contributed by atoms with Gasteiger partial charge in [0.25, 0.3) is 0 Å². The fourth-order valence-electron chi connectivity index (χ4n) is 3.34. The van der Waals surface area contributed by atoms with E-state index in [0.717, 1.165) is 35.0 Å². The van der Waals surface area contributed by atoms with Crippen molar-refractivity contribution >= 4 is 15.9 Å². The van der Waals surface area contributed by atoms with Crippen LogP contribution >= 0.6 is 15.9 Å². The van der Waals surface area contributed by atoms with E-state index in [-0.39, 0.29) is 0 Å². The maximum atomic E-state index is 5.61. The van der Waals surface area contributed by atoms with Gasteiger partial charge >= 0.3 is 0 Å². The van der Waals surface area contributed by atoms with Crippen molar-refractivity contribution in [2.45, 2.75) is 13.1 Å². The van der Waals surface area contributed by atoms with Crippen molar-refractivity contribution in [2.75, 3.05) is 33.0 Å². The van der Waals surface area contributed by atoms with Crippen LogP contribution in [0.3, 0.4) is 0 Å². The Hall–Kier alpha value is -1.50. The molecule has 5 nitrogen and oxygen atoms in total. The van der Waals surface area contributed by atoms with E-state index in [4.69, 9.17) is 13.9 Å². The van der Waals surface area contributed by atoms with Crippen LogP contribution in [-0.2, 0) is 13.1 Å². The number of ether oxygens (including phenoxy) is 2. The van der Waals surface area contributed by atoms with Crippen LogP contribution in [0.2, 0.25) is 0 Å². The van der Waals surface area contributed by atoms with Gasteiger partial charge in [-0.05, 0) is 46.3 Å². The van der Waals surface area contributed by atoms with Crippen LogP contribution in [0.15, 0.2) is 39.4 Å². The van der Waals surface area contributed by atoms with Crippen molar-refractivity contribution in [3.63, 3.8) is 0 Å². The minimum Gasteiger partial charge on any atom is -0.454 e. The molecule has 0 spiro atoms. The Labute approximate surface area is 143 Å². The summed E-state index contributed by atoms with van der Waals surface area (Å²) in [5, 5.41) is 0. The molecule has 2 aromatic rings. The van der Waals surface area contributed by atoms with Crippen LogP contribution in [0.25, 0.3) is 0 Å². The van der Waals surface area contributed by atoms with Crippen LogP contribution in [0.4, 0.5) is 0 Å². The highest BCUT2D eigenvalue weighted by molar-refractivity contribution is 9.10. The van der Waals surface area contributed by atoms with E-state index in [9.17, 15) is 0 Å². The van der Waals surface area contributed by atoms with Crippen molar-refractivity contribution in [3.8, 4) is 11.5 Å². The number of hydrogen-bond acceptors (Lipinski definition) is 3. The molecule has 6 heteroatoms. The summed E-state index contributed by atoms with van der Waals surface area (Å²) in [6.07, 6.45) is 0. The predicted octanol–water partition coefficient (Wildman–Crippen LogP) is 0.254. The minimum absolute atomic E-state index is 0.344. The smallest absolute Gasteiger partial charge is 0.231 e. The highest BCUT2D eigenvalue weighted by Gasteiger charge is 2.24. The molecule has 0 atom stereocenters. The zero-order valence-corrected chi connectivity index (χ0v) is 14.5. The average molecular weight is 381 g/mol. The number of rotatable bonds is 4. The van der Waals surface area contributed by atoms with Gasteiger partial charge in [-0.2, -0.15) is 0 Å². The third-order valence-corrected chi connectivity index (χ3v) is 5.03. The van der Waals surface area contributed by atoms with Gasteiger partial charge in [-0.15, -0.1) is 0 Å². The van der Waals surface area contributed by atoms with Crippen LogP contribution in [0.1, 0.15) is 11.3 Å². The van der Waals surface area contributed by atoms with E-state index >= 15 is 0 Å². The van der Waals surface area contributed by atoms with E-state index in [1.807, 2.05) is 12.1 Å². The van der Waals surface area contributed by atoms with Crippen LogP contribution in [0, 0.1) is 0 Å². The Morgan fingerprint density at radius 1 is 0.870 bits per heavy atom. The van der Waals surface area contributed by atoms with E-state index in [2.05, 4.69) is 34.1 Å². The molecule has 1 aromatic heterocycles. The number of furan rings is 1. The van der Waals surface area contributed by atoms with Gasteiger partial charge < -0.3 is 23.7 Å². The molecule has 4 rings (SSSR count). The lowest BCUT2D eigenvalue weighted by atomic mass is 10.1. The first-order chi connectivity index (χ1) is 11.3. The van der Waals surface area contributed by atoms with E-state index in [1.165, 1.54) is 31.7 Å². The lowest BCUT2D eigenvalue weighted by molar-refractivity contribution is -1.02. The molecule has 23 heavy (non-hydrogen) atoms. The number of hydrogen-bond donors (Lipinski definition) is 2. The summed E-state index contributed by atoms with van der Waals surface area (Å²) in [4.78, 5) is 3.23. The molecule has 0 bridgehead atoms. The number of piperazine rings is 1. The average Bonchev–Trinajstić information content (AvgIpc) is 3.17. The second-order valence-corrected chi connectivity index (χ2v) is 7.03. The molecule has 0 aliphatic carbocycles. The molecule has 0 unspecified atom stereocenters. The summed E-state index contributed by atoms with van der Waals surface area (Å²) >= 11 is 3.37. The summed E-state index contributed by atoms with van der Waals surface area (Å²) in [5.74, 6) is 2.81. The monoisotopic (exact) mass is 380 g/mol. The number of quaternary nitrogens is 2. The summed E-state index contributed by atoms with van der Waals surface area (Å²) in [6, 6.07) is 10.3. The SMILES string of the molecule is Brc1ccc(C[NH+]2CC[NH+](Cc3ccc4c(c3)OCO4)CC2)o1. The summed E-state index contributed by atoms with van der Waals surface area (Å²) < 4.78 is 17.3. The van der Waals surface area contributed by atoms with Crippen molar-refractivity contribution in [1.82, 2.24) is 0 Å². The Balaban J connectivity index is 1.29. The number of halogens is 1. The molecule has 1 fully saturated rings. The van der Waals surface area contributed by atoms with Crippen LogP contribution in [0.5, 0.6) is 11.5 Å². The summed E-state index contributed by atoms with van der Waals surface area (Å²) in [6.45, 7) is 7.10. The van der Waals surface area contributed by atoms with Gasteiger partial charge in [0.15, 0.2) is 21.9 Å². The van der Waals surface area contributed by atoms with E-state index in [1.54, 1.807) is 9.80 Å². The lowest BCUT2D eigenvalue weighted by Gasteiger charge is -2.29. The Morgan fingerprint density at radius 3 is 2.35 bits per heavy atom. The number of nitrogens with one attached hydrogen (secondary N) is 2. The Bertz CT molecular complexity index is 680. The van der Waals surface area contributed by atoms with Gasteiger partial charge in [0.05, 0.1) is 0 Å². The van der Waals surface area contributed by atoms with Crippen molar-refractivity contribution in [3.05, 3.63) is 46.3 Å². The molecule has 2 aliphatic rings. The fraction of sp³-hybridized carbons (Fsp3) is 0.412. The summed E-state index contributed by atoms with van der Waals surface area (Å²) in [5.41, 5.74) is 1.32. The first kappa shape index (κ1) is 15.1. The van der Waals surface area contributed by atoms with Crippen molar-refractivity contribution < 1.29 is 23.7 Å². The van der Waals surface area contributed by atoms with Gasteiger partial charge in [-0.25, -0.2) is 0 Å². The van der Waals surface area contributed by atoms with Crippen molar-refractivity contribution in [1.29, 1.82) is 0 Å². The molecule has 122 valence electrons. The first-order valence-electron chi connectivity index (χ1n) is 8.06. The van der Waals surface area contributed by atoms with Crippen LogP contribution in [-0.4, -0.2) is 33.0 Å². The quantitative estimate of drug-likeness (QED) is 0.798. The Kier molecular flexibility index (Phi) is 4.29. The van der Waals surface area contributed by atoms with Gasteiger partial charge in [-0.1, -0.05) is 0 Å². The summed E-state index contributed by atoms with van der Waals surface area (Å²) in [7, 11) is 0.